The Morgan fingerprint density at radius 2 is 1.75 bits per heavy atom. The number of hydrogen-bond donors (Lipinski definition) is 0. The topological polar surface area (TPSA) is 69.7 Å². The number of rotatable bonds is 5. The van der Waals surface area contributed by atoms with E-state index < -0.39 is 18.4 Å². The first-order chi connectivity index (χ1) is 7.32. The van der Waals surface area contributed by atoms with E-state index in [1.807, 2.05) is 13.8 Å². The fourth-order valence-corrected chi connectivity index (χ4v) is 0.952. The van der Waals surface area contributed by atoms with Gasteiger partial charge in [0.2, 0.25) is 0 Å². The Hall–Kier alpha value is -1.65. The number of carbonyl (C=O) groups excluding carboxylic acids is 3. The molecule has 0 atom stereocenters. The van der Waals surface area contributed by atoms with Crippen LogP contribution in [0, 0.1) is 5.92 Å². The second kappa shape index (κ2) is 6.76. The lowest BCUT2D eigenvalue weighted by Crippen LogP contribution is -2.15. The monoisotopic (exact) mass is 228 g/mol. The standard InChI is InChI=1S/C11H16O5/c1-7(2)5-8(3)11(14)16-15-10(13)6-9(4)12/h7H,3,5-6H2,1-2,4H3. The van der Waals surface area contributed by atoms with Crippen molar-refractivity contribution in [3.05, 3.63) is 12.2 Å². The minimum atomic E-state index is -0.891. The molecule has 0 aromatic heterocycles. The van der Waals surface area contributed by atoms with E-state index in [2.05, 4.69) is 16.4 Å². The lowest BCUT2D eigenvalue weighted by molar-refractivity contribution is -0.255. The Kier molecular flexibility index (Phi) is 6.07. The maximum atomic E-state index is 11.2. The van der Waals surface area contributed by atoms with Gasteiger partial charge in [0.05, 0.1) is 0 Å². The van der Waals surface area contributed by atoms with Gasteiger partial charge >= 0.3 is 11.9 Å². The van der Waals surface area contributed by atoms with Crippen LogP contribution < -0.4 is 0 Å². The van der Waals surface area contributed by atoms with Crippen molar-refractivity contribution in [3.63, 3.8) is 0 Å². The molecule has 0 spiro atoms. The zero-order valence-corrected chi connectivity index (χ0v) is 9.74. The zero-order valence-electron chi connectivity index (χ0n) is 9.74. The van der Waals surface area contributed by atoms with E-state index in [4.69, 9.17) is 0 Å². The van der Waals surface area contributed by atoms with Crippen molar-refractivity contribution in [2.45, 2.75) is 33.6 Å². The minimum Gasteiger partial charge on any atom is -0.299 e. The van der Waals surface area contributed by atoms with E-state index in [9.17, 15) is 14.4 Å². The van der Waals surface area contributed by atoms with Crippen LogP contribution in [0.5, 0.6) is 0 Å². The Bertz CT molecular complexity index is 303. The Morgan fingerprint density at radius 1 is 1.19 bits per heavy atom. The molecule has 90 valence electrons. The van der Waals surface area contributed by atoms with E-state index in [0.717, 1.165) is 0 Å². The highest BCUT2D eigenvalue weighted by Gasteiger charge is 2.15. The molecule has 0 bridgehead atoms. The molecule has 0 N–H and O–H groups in total. The SMILES string of the molecule is C=C(CC(C)C)C(=O)OOC(=O)CC(C)=O. The highest BCUT2D eigenvalue weighted by molar-refractivity contribution is 5.94. The predicted octanol–water partition coefficient (Wildman–Crippen LogP) is 1.57. The predicted molar refractivity (Wildman–Crippen MR) is 56.1 cm³/mol. The molecule has 0 aromatic carbocycles. The van der Waals surface area contributed by atoms with E-state index in [1.54, 1.807) is 0 Å². The average Bonchev–Trinajstić information content (AvgIpc) is 2.11. The summed E-state index contributed by atoms with van der Waals surface area (Å²) in [6, 6.07) is 0. The molecule has 0 aliphatic heterocycles. The fraction of sp³-hybridized carbons (Fsp3) is 0.545. The molecule has 0 fully saturated rings. The lowest BCUT2D eigenvalue weighted by Gasteiger charge is -2.06. The van der Waals surface area contributed by atoms with Crippen LogP contribution in [0.15, 0.2) is 12.2 Å². The molecule has 0 aromatic rings. The minimum absolute atomic E-state index is 0.227. The van der Waals surface area contributed by atoms with Crippen LogP contribution in [-0.4, -0.2) is 17.7 Å². The van der Waals surface area contributed by atoms with Crippen molar-refractivity contribution in [2.75, 3.05) is 0 Å². The maximum Gasteiger partial charge on any atom is 0.381 e. The van der Waals surface area contributed by atoms with Gasteiger partial charge in [-0.05, 0) is 19.3 Å². The van der Waals surface area contributed by atoms with Crippen molar-refractivity contribution in [2.24, 2.45) is 5.92 Å². The molecule has 0 saturated carbocycles. The van der Waals surface area contributed by atoms with Gasteiger partial charge in [-0.1, -0.05) is 20.4 Å². The molecule has 5 nitrogen and oxygen atoms in total. The van der Waals surface area contributed by atoms with Gasteiger partial charge in [0.1, 0.15) is 12.2 Å². The first-order valence-corrected chi connectivity index (χ1v) is 4.91. The molecule has 0 saturated heterocycles. The summed E-state index contributed by atoms with van der Waals surface area (Å²) >= 11 is 0. The molecule has 0 amide bonds. The Morgan fingerprint density at radius 3 is 2.19 bits per heavy atom. The summed E-state index contributed by atoms with van der Waals surface area (Å²) < 4.78 is 0. The molecular formula is C11H16O5. The summed E-state index contributed by atoms with van der Waals surface area (Å²) in [5.74, 6) is -1.78. The Balaban J connectivity index is 3.93. The van der Waals surface area contributed by atoms with Crippen LogP contribution in [0.4, 0.5) is 0 Å². The van der Waals surface area contributed by atoms with Crippen LogP contribution in [0.25, 0.3) is 0 Å². The molecule has 0 unspecified atom stereocenters. The first kappa shape index (κ1) is 14.3. The summed E-state index contributed by atoms with van der Waals surface area (Å²) in [4.78, 5) is 40.9. The van der Waals surface area contributed by atoms with Crippen LogP contribution in [-0.2, 0) is 24.2 Å². The molecule has 0 radical (unpaired) electrons. The van der Waals surface area contributed by atoms with E-state index in [1.165, 1.54) is 6.92 Å². The second-order valence-corrected chi connectivity index (χ2v) is 3.91. The second-order valence-electron chi connectivity index (χ2n) is 3.91. The highest BCUT2D eigenvalue weighted by Crippen LogP contribution is 2.10. The summed E-state index contributed by atoms with van der Waals surface area (Å²) in [6.45, 7) is 8.57. The van der Waals surface area contributed by atoms with Crippen LogP contribution >= 0.6 is 0 Å². The number of ketones is 1. The van der Waals surface area contributed by atoms with Gasteiger partial charge in [-0.3, -0.25) is 4.79 Å². The molecule has 0 aliphatic carbocycles. The summed E-state index contributed by atoms with van der Waals surface area (Å²) in [6.07, 6.45) is 0.0486. The quantitative estimate of drug-likeness (QED) is 0.309. The molecule has 0 heterocycles. The largest absolute Gasteiger partial charge is 0.381 e. The maximum absolute atomic E-state index is 11.2. The third-order valence-corrected chi connectivity index (χ3v) is 1.55. The number of Topliss-reactive ketones (excluding diaryl/α,β-unsaturated/α-hetero) is 1. The van der Waals surface area contributed by atoms with Gasteiger partial charge < -0.3 is 0 Å². The van der Waals surface area contributed by atoms with Gasteiger partial charge in [0, 0.05) is 5.57 Å². The molecule has 16 heavy (non-hydrogen) atoms. The van der Waals surface area contributed by atoms with Crippen molar-refractivity contribution in [1.82, 2.24) is 0 Å². The van der Waals surface area contributed by atoms with Gasteiger partial charge in [0.15, 0.2) is 0 Å². The van der Waals surface area contributed by atoms with E-state index in [-0.39, 0.29) is 17.3 Å². The molecule has 0 aliphatic rings. The van der Waals surface area contributed by atoms with Crippen LogP contribution in [0.2, 0.25) is 0 Å². The fourth-order valence-electron chi connectivity index (χ4n) is 0.952. The molecule has 0 rings (SSSR count). The summed E-state index contributed by atoms with van der Waals surface area (Å²) in [5, 5.41) is 0. The normalized spacial score (nSPS) is 9.75. The Labute approximate surface area is 94.3 Å². The van der Waals surface area contributed by atoms with Crippen molar-refractivity contribution in [3.8, 4) is 0 Å². The van der Waals surface area contributed by atoms with Crippen molar-refractivity contribution >= 4 is 17.7 Å². The van der Waals surface area contributed by atoms with Gasteiger partial charge in [0.25, 0.3) is 0 Å². The third kappa shape index (κ3) is 6.75. The summed E-state index contributed by atoms with van der Waals surface area (Å²) in [7, 11) is 0. The first-order valence-electron chi connectivity index (χ1n) is 4.91. The zero-order chi connectivity index (χ0) is 12.7. The number of hydrogen-bond acceptors (Lipinski definition) is 5. The molecular weight excluding hydrogens is 212 g/mol. The highest BCUT2D eigenvalue weighted by atomic mass is 17.2. The smallest absolute Gasteiger partial charge is 0.299 e. The van der Waals surface area contributed by atoms with E-state index >= 15 is 0 Å². The van der Waals surface area contributed by atoms with Gasteiger partial charge in [-0.2, -0.15) is 0 Å². The average molecular weight is 228 g/mol. The van der Waals surface area contributed by atoms with Crippen LogP contribution in [0.1, 0.15) is 33.6 Å². The van der Waals surface area contributed by atoms with Crippen LogP contribution in [0.3, 0.4) is 0 Å². The van der Waals surface area contributed by atoms with Crippen molar-refractivity contribution in [1.29, 1.82) is 0 Å². The van der Waals surface area contributed by atoms with E-state index in [0.29, 0.717) is 6.42 Å². The van der Waals surface area contributed by atoms with Crippen molar-refractivity contribution < 1.29 is 24.2 Å². The van der Waals surface area contributed by atoms with Gasteiger partial charge in [-0.25, -0.2) is 19.4 Å². The van der Waals surface area contributed by atoms with Gasteiger partial charge in [-0.15, -0.1) is 0 Å². The molecule has 5 heteroatoms. The number of carbonyl (C=O) groups is 3. The lowest BCUT2D eigenvalue weighted by atomic mass is 10.1. The summed E-state index contributed by atoms with van der Waals surface area (Å²) in [5.41, 5.74) is 0.227. The third-order valence-electron chi connectivity index (χ3n) is 1.55.